The van der Waals surface area contributed by atoms with E-state index in [-0.39, 0.29) is 6.10 Å². The van der Waals surface area contributed by atoms with E-state index in [9.17, 15) is 5.11 Å². The highest BCUT2D eigenvalue weighted by atomic mass is 16.5. The third-order valence-corrected chi connectivity index (χ3v) is 6.25. The number of hydrogen-bond acceptors (Lipinski definition) is 4. The topological polar surface area (TPSA) is 35.9 Å². The molecule has 3 heterocycles. The van der Waals surface area contributed by atoms with Gasteiger partial charge in [-0.1, -0.05) is 37.5 Å². The molecule has 1 N–H and O–H groups in total. The first-order chi connectivity index (χ1) is 12.3. The lowest BCUT2D eigenvalue weighted by atomic mass is 9.90. The first-order valence-electron chi connectivity index (χ1n) is 10.1. The van der Waals surface area contributed by atoms with E-state index >= 15 is 0 Å². The maximum absolute atomic E-state index is 10.5. The fourth-order valence-corrected chi connectivity index (χ4v) is 4.88. The molecular formula is C21H32N2O2. The average Bonchev–Trinajstić information content (AvgIpc) is 2.68. The molecule has 1 saturated carbocycles. The van der Waals surface area contributed by atoms with Gasteiger partial charge in [-0.25, -0.2) is 0 Å². The Bertz CT molecular complexity index is 532. The minimum atomic E-state index is -0.355. The van der Waals surface area contributed by atoms with Crippen LogP contribution in [0.4, 0.5) is 5.69 Å². The molecule has 4 aliphatic rings. The number of rotatable bonds is 6. The number of aliphatic hydroxyl groups is 1. The summed E-state index contributed by atoms with van der Waals surface area (Å²) in [6.07, 6.45) is 8.81. The van der Waals surface area contributed by atoms with Gasteiger partial charge >= 0.3 is 0 Å². The quantitative estimate of drug-likeness (QED) is 0.860. The zero-order chi connectivity index (χ0) is 17.1. The van der Waals surface area contributed by atoms with Crippen molar-refractivity contribution in [2.45, 2.75) is 69.2 Å². The van der Waals surface area contributed by atoms with Gasteiger partial charge in [0, 0.05) is 37.4 Å². The molecule has 1 aromatic rings. The summed E-state index contributed by atoms with van der Waals surface area (Å²) in [4.78, 5) is 5.07. The molecule has 0 radical (unpaired) electrons. The van der Waals surface area contributed by atoms with Crippen LogP contribution in [0.1, 0.15) is 44.9 Å². The number of aliphatic hydroxyl groups excluding tert-OH is 1. The molecule has 4 nitrogen and oxygen atoms in total. The zero-order valence-corrected chi connectivity index (χ0v) is 15.2. The number of anilines is 1. The predicted octanol–water partition coefficient (Wildman–Crippen LogP) is 3.05. The zero-order valence-electron chi connectivity index (χ0n) is 15.2. The van der Waals surface area contributed by atoms with Gasteiger partial charge in [0.15, 0.2) is 0 Å². The molecule has 1 aliphatic carbocycles. The molecule has 3 saturated heterocycles. The molecule has 4 fully saturated rings. The van der Waals surface area contributed by atoms with Gasteiger partial charge < -0.3 is 14.7 Å². The summed E-state index contributed by atoms with van der Waals surface area (Å²) in [5.74, 6) is 0. The normalized spacial score (nSPS) is 29.1. The summed E-state index contributed by atoms with van der Waals surface area (Å²) in [5, 5.41) is 10.5. The van der Waals surface area contributed by atoms with Crippen molar-refractivity contribution >= 4 is 5.69 Å². The number of fused-ring (bicyclic) bond motifs is 3. The molecule has 0 aromatic heterocycles. The molecule has 2 bridgehead atoms. The van der Waals surface area contributed by atoms with E-state index in [0.29, 0.717) is 24.8 Å². The number of piperidine rings is 2. The van der Waals surface area contributed by atoms with Crippen LogP contribution in [0, 0.1) is 0 Å². The van der Waals surface area contributed by atoms with Crippen LogP contribution >= 0.6 is 0 Å². The van der Waals surface area contributed by atoms with E-state index < -0.39 is 0 Å². The average molecular weight is 344 g/mol. The Labute approximate surface area is 151 Å². The molecule has 1 aromatic carbocycles. The van der Waals surface area contributed by atoms with Crippen LogP contribution in [0.3, 0.4) is 0 Å². The van der Waals surface area contributed by atoms with Crippen molar-refractivity contribution in [1.29, 1.82) is 0 Å². The molecule has 4 heteroatoms. The van der Waals surface area contributed by atoms with Gasteiger partial charge in [-0.05, 0) is 37.8 Å². The molecule has 3 atom stereocenters. The van der Waals surface area contributed by atoms with Crippen LogP contribution in [0.2, 0.25) is 0 Å². The van der Waals surface area contributed by atoms with Gasteiger partial charge in [0.05, 0.1) is 18.8 Å². The Hall–Kier alpha value is -1.10. The molecule has 0 spiro atoms. The van der Waals surface area contributed by atoms with Gasteiger partial charge in [-0.3, -0.25) is 4.90 Å². The van der Waals surface area contributed by atoms with Crippen molar-refractivity contribution in [3.8, 4) is 0 Å². The number of ether oxygens (including phenoxy) is 1. The van der Waals surface area contributed by atoms with E-state index in [1.807, 2.05) is 0 Å². The fourth-order valence-electron chi connectivity index (χ4n) is 4.88. The number of nitrogens with zero attached hydrogens (tertiary/aromatic N) is 2. The van der Waals surface area contributed by atoms with Crippen LogP contribution in [-0.2, 0) is 4.74 Å². The molecular weight excluding hydrogens is 312 g/mol. The summed E-state index contributed by atoms with van der Waals surface area (Å²) in [7, 11) is 0. The lowest BCUT2D eigenvalue weighted by Crippen LogP contribution is -2.64. The van der Waals surface area contributed by atoms with Crippen molar-refractivity contribution in [3.05, 3.63) is 30.3 Å². The minimum Gasteiger partial charge on any atom is -0.389 e. The van der Waals surface area contributed by atoms with E-state index in [1.165, 1.54) is 50.6 Å². The molecule has 138 valence electrons. The Kier molecular flexibility index (Phi) is 5.59. The summed E-state index contributed by atoms with van der Waals surface area (Å²) in [6.45, 7) is 3.42. The first-order valence-corrected chi connectivity index (χ1v) is 10.1. The number of benzene rings is 1. The Morgan fingerprint density at radius 2 is 1.72 bits per heavy atom. The van der Waals surface area contributed by atoms with Gasteiger partial charge in [0.25, 0.3) is 0 Å². The SMILES string of the molecule is OC(COC1CCCCC1)CN1C[C@H]2CC[C@@H]1CN2c1ccccc1. The second-order valence-corrected chi connectivity index (χ2v) is 8.07. The van der Waals surface area contributed by atoms with E-state index in [0.717, 1.165) is 19.6 Å². The van der Waals surface area contributed by atoms with E-state index in [2.05, 4.69) is 40.1 Å². The van der Waals surface area contributed by atoms with Crippen molar-refractivity contribution in [2.75, 3.05) is 31.1 Å². The lowest BCUT2D eigenvalue weighted by molar-refractivity contribution is -0.0438. The molecule has 1 unspecified atom stereocenters. The minimum absolute atomic E-state index is 0.355. The standard InChI is InChI=1S/C21H32N2O2/c24-20(16-25-21-9-5-2-6-10-21)15-22-13-19-12-11-18(22)14-23(19)17-7-3-1-4-8-17/h1,3-4,7-8,18-21,24H,2,5-6,9-16H2/t18-,19-,20?/m1/s1. The highest BCUT2D eigenvalue weighted by Gasteiger charge is 2.39. The summed E-state index contributed by atoms with van der Waals surface area (Å²) in [6, 6.07) is 11.9. The fraction of sp³-hybridized carbons (Fsp3) is 0.714. The smallest absolute Gasteiger partial charge is 0.0900 e. The van der Waals surface area contributed by atoms with Crippen molar-refractivity contribution in [3.63, 3.8) is 0 Å². The maximum Gasteiger partial charge on any atom is 0.0900 e. The highest BCUT2D eigenvalue weighted by molar-refractivity contribution is 5.48. The molecule has 0 amide bonds. The molecule has 3 aliphatic heterocycles. The van der Waals surface area contributed by atoms with Crippen LogP contribution in [0.5, 0.6) is 0 Å². The van der Waals surface area contributed by atoms with E-state index in [1.54, 1.807) is 0 Å². The van der Waals surface area contributed by atoms with Crippen molar-refractivity contribution in [1.82, 2.24) is 4.90 Å². The second-order valence-electron chi connectivity index (χ2n) is 8.07. The van der Waals surface area contributed by atoms with Crippen molar-refractivity contribution in [2.24, 2.45) is 0 Å². The number of hydrogen-bond donors (Lipinski definition) is 1. The maximum atomic E-state index is 10.5. The van der Waals surface area contributed by atoms with Gasteiger partial charge in [0.2, 0.25) is 0 Å². The van der Waals surface area contributed by atoms with E-state index in [4.69, 9.17) is 4.74 Å². The molecule has 25 heavy (non-hydrogen) atoms. The van der Waals surface area contributed by atoms with Crippen LogP contribution < -0.4 is 4.90 Å². The number of para-hydroxylation sites is 1. The third kappa shape index (κ3) is 4.18. The highest BCUT2D eigenvalue weighted by Crippen LogP contribution is 2.32. The van der Waals surface area contributed by atoms with Gasteiger partial charge in [0.1, 0.15) is 0 Å². The Balaban J connectivity index is 1.27. The Morgan fingerprint density at radius 1 is 0.960 bits per heavy atom. The summed E-state index contributed by atoms with van der Waals surface area (Å²) < 4.78 is 5.97. The second kappa shape index (κ2) is 8.07. The largest absolute Gasteiger partial charge is 0.389 e. The lowest BCUT2D eigenvalue weighted by Gasteiger charge is -2.53. The third-order valence-electron chi connectivity index (χ3n) is 6.25. The first kappa shape index (κ1) is 17.3. The van der Waals surface area contributed by atoms with Crippen LogP contribution in [0.15, 0.2) is 30.3 Å². The Morgan fingerprint density at radius 3 is 2.44 bits per heavy atom. The van der Waals surface area contributed by atoms with Gasteiger partial charge in [-0.2, -0.15) is 0 Å². The van der Waals surface area contributed by atoms with Crippen LogP contribution in [0.25, 0.3) is 0 Å². The predicted molar refractivity (Wildman–Crippen MR) is 101 cm³/mol. The van der Waals surface area contributed by atoms with Gasteiger partial charge in [-0.15, -0.1) is 0 Å². The monoisotopic (exact) mass is 344 g/mol. The summed E-state index contributed by atoms with van der Waals surface area (Å²) >= 11 is 0. The summed E-state index contributed by atoms with van der Waals surface area (Å²) in [5.41, 5.74) is 1.35. The number of piperazine rings is 1. The van der Waals surface area contributed by atoms with Crippen molar-refractivity contribution < 1.29 is 9.84 Å². The van der Waals surface area contributed by atoms with Crippen LogP contribution in [-0.4, -0.2) is 60.5 Å². The molecule has 5 rings (SSSR count).